The van der Waals surface area contributed by atoms with Gasteiger partial charge in [0.15, 0.2) is 0 Å². The van der Waals surface area contributed by atoms with Crippen LogP contribution in [0.2, 0.25) is 0 Å². The van der Waals surface area contributed by atoms with Gasteiger partial charge in [-0.15, -0.1) is 0 Å². The van der Waals surface area contributed by atoms with E-state index >= 15 is 0 Å². The highest BCUT2D eigenvalue weighted by Gasteiger charge is 2.07. The van der Waals surface area contributed by atoms with Crippen LogP contribution in [-0.4, -0.2) is 16.5 Å². The van der Waals surface area contributed by atoms with Crippen LogP contribution in [0.4, 0.5) is 11.8 Å². The third kappa shape index (κ3) is 4.20. The van der Waals surface area contributed by atoms with Crippen molar-refractivity contribution < 1.29 is 0 Å². The number of hydrogen-bond donors (Lipinski definition) is 2. The summed E-state index contributed by atoms with van der Waals surface area (Å²) in [6, 6.07) is 10.3. The van der Waals surface area contributed by atoms with Crippen LogP contribution in [-0.2, 0) is 0 Å². The lowest BCUT2D eigenvalue weighted by Gasteiger charge is -2.15. The summed E-state index contributed by atoms with van der Waals surface area (Å²) in [5, 5.41) is 6.58. The van der Waals surface area contributed by atoms with Crippen molar-refractivity contribution in [1.29, 1.82) is 0 Å². The minimum Gasteiger partial charge on any atom is -0.363 e. The zero-order valence-corrected chi connectivity index (χ0v) is 13.3. The molecule has 2 rings (SSSR count). The number of anilines is 2. The number of hydrogen-bond acceptors (Lipinski definition) is 4. The van der Waals surface area contributed by atoms with Crippen molar-refractivity contribution >= 4 is 27.7 Å². The molecule has 0 spiro atoms. The molecule has 1 aromatic heterocycles. The zero-order chi connectivity index (χ0) is 14.4. The van der Waals surface area contributed by atoms with Crippen LogP contribution in [0.1, 0.15) is 31.9 Å². The SMILES string of the molecule is CCCNc1nccc(NC(C)c2cccc(Br)c2)n1. The standard InChI is InChI=1S/C15H19BrN4/c1-3-8-17-15-18-9-7-14(20-15)19-11(2)12-5-4-6-13(16)10-12/h4-7,9-11H,3,8H2,1-2H3,(H2,17,18,19,20). The predicted octanol–water partition coefficient (Wildman–Crippen LogP) is 4.23. The highest BCUT2D eigenvalue weighted by atomic mass is 79.9. The maximum atomic E-state index is 4.45. The third-order valence-electron chi connectivity index (χ3n) is 2.90. The second-order valence-corrected chi connectivity index (χ2v) is 5.53. The van der Waals surface area contributed by atoms with Gasteiger partial charge in [0.2, 0.25) is 5.95 Å². The molecule has 0 aliphatic rings. The molecule has 0 radical (unpaired) electrons. The number of halogens is 1. The summed E-state index contributed by atoms with van der Waals surface area (Å²) in [6.07, 6.45) is 2.82. The molecule has 1 aromatic carbocycles. The summed E-state index contributed by atoms with van der Waals surface area (Å²) >= 11 is 3.49. The van der Waals surface area contributed by atoms with Crippen molar-refractivity contribution in [2.75, 3.05) is 17.2 Å². The Morgan fingerprint density at radius 1 is 1.30 bits per heavy atom. The lowest BCUT2D eigenvalue weighted by atomic mass is 10.1. The van der Waals surface area contributed by atoms with Gasteiger partial charge in [0.1, 0.15) is 5.82 Å². The summed E-state index contributed by atoms with van der Waals surface area (Å²) in [5.41, 5.74) is 1.21. The van der Waals surface area contributed by atoms with Crippen LogP contribution in [0.25, 0.3) is 0 Å². The van der Waals surface area contributed by atoms with Crippen LogP contribution < -0.4 is 10.6 Å². The van der Waals surface area contributed by atoms with Crippen LogP contribution >= 0.6 is 15.9 Å². The Balaban J connectivity index is 2.05. The summed E-state index contributed by atoms with van der Waals surface area (Å²) < 4.78 is 1.08. The molecule has 0 saturated heterocycles. The van der Waals surface area contributed by atoms with Gasteiger partial charge in [-0.25, -0.2) is 4.98 Å². The molecule has 0 aliphatic carbocycles. The van der Waals surface area contributed by atoms with Gasteiger partial charge in [0.05, 0.1) is 0 Å². The van der Waals surface area contributed by atoms with Crippen LogP contribution in [0, 0.1) is 0 Å². The average Bonchev–Trinajstić information content (AvgIpc) is 2.45. The molecule has 1 unspecified atom stereocenters. The van der Waals surface area contributed by atoms with Gasteiger partial charge in [-0.3, -0.25) is 0 Å². The molecule has 20 heavy (non-hydrogen) atoms. The molecule has 0 amide bonds. The van der Waals surface area contributed by atoms with E-state index in [2.05, 4.69) is 62.5 Å². The average molecular weight is 335 g/mol. The smallest absolute Gasteiger partial charge is 0.224 e. The van der Waals surface area contributed by atoms with Gasteiger partial charge < -0.3 is 10.6 Å². The summed E-state index contributed by atoms with van der Waals surface area (Å²) in [5.74, 6) is 1.49. The van der Waals surface area contributed by atoms with E-state index < -0.39 is 0 Å². The molecule has 0 bridgehead atoms. The molecule has 4 nitrogen and oxygen atoms in total. The number of nitrogens with zero attached hydrogens (tertiary/aromatic N) is 2. The van der Waals surface area contributed by atoms with E-state index in [1.807, 2.05) is 18.2 Å². The highest BCUT2D eigenvalue weighted by Crippen LogP contribution is 2.21. The molecule has 5 heteroatoms. The molecular weight excluding hydrogens is 316 g/mol. The van der Waals surface area contributed by atoms with E-state index in [9.17, 15) is 0 Å². The maximum Gasteiger partial charge on any atom is 0.224 e. The zero-order valence-electron chi connectivity index (χ0n) is 11.7. The topological polar surface area (TPSA) is 49.8 Å². The Morgan fingerprint density at radius 3 is 2.90 bits per heavy atom. The molecule has 0 fully saturated rings. The second kappa shape index (κ2) is 7.24. The van der Waals surface area contributed by atoms with E-state index in [0.29, 0.717) is 5.95 Å². The Labute approximate surface area is 128 Å². The van der Waals surface area contributed by atoms with Crippen molar-refractivity contribution in [1.82, 2.24) is 9.97 Å². The molecule has 2 aromatic rings. The van der Waals surface area contributed by atoms with E-state index in [1.165, 1.54) is 5.56 Å². The first-order chi connectivity index (χ1) is 9.69. The Morgan fingerprint density at radius 2 is 2.15 bits per heavy atom. The Bertz CT molecular complexity index is 559. The predicted molar refractivity (Wildman–Crippen MR) is 87.0 cm³/mol. The van der Waals surface area contributed by atoms with Crippen LogP contribution in [0.15, 0.2) is 41.0 Å². The van der Waals surface area contributed by atoms with Crippen LogP contribution in [0.3, 0.4) is 0 Å². The third-order valence-corrected chi connectivity index (χ3v) is 3.40. The van der Waals surface area contributed by atoms with E-state index in [4.69, 9.17) is 0 Å². The quantitative estimate of drug-likeness (QED) is 0.829. The Kier molecular flexibility index (Phi) is 5.35. The van der Waals surface area contributed by atoms with Crippen molar-refractivity contribution in [3.8, 4) is 0 Å². The molecule has 2 N–H and O–H groups in total. The minimum atomic E-state index is 0.182. The van der Waals surface area contributed by atoms with E-state index in [1.54, 1.807) is 6.20 Å². The van der Waals surface area contributed by atoms with Gasteiger partial charge in [-0.1, -0.05) is 35.0 Å². The molecule has 1 heterocycles. The van der Waals surface area contributed by atoms with Crippen LogP contribution in [0.5, 0.6) is 0 Å². The molecule has 1 atom stereocenters. The lowest BCUT2D eigenvalue weighted by molar-refractivity contribution is 0.869. The first-order valence-corrected chi connectivity index (χ1v) is 7.57. The van der Waals surface area contributed by atoms with Crippen molar-refractivity contribution in [3.63, 3.8) is 0 Å². The van der Waals surface area contributed by atoms with E-state index in [-0.39, 0.29) is 6.04 Å². The molecule has 106 valence electrons. The van der Waals surface area contributed by atoms with Crippen molar-refractivity contribution in [2.45, 2.75) is 26.3 Å². The molecule has 0 saturated carbocycles. The molecular formula is C15H19BrN4. The van der Waals surface area contributed by atoms with E-state index in [0.717, 1.165) is 23.3 Å². The largest absolute Gasteiger partial charge is 0.363 e. The minimum absolute atomic E-state index is 0.182. The second-order valence-electron chi connectivity index (χ2n) is 4.61. The number of benzene rings is 1. The van der Waals surface area contributed by atoms with Gasteiger partial charge in [0.25, 0.3) is 0 Å². The van der Waals surface area contributed by atoms with Gasteiger partial charge >= 0.3 is 0 Å². The lowest BCUT2D eigenvalue weighted by Crippen LogP contribution is -2.10. The van der Waals surface area contributed by atoms with Gasteiger partial charge in [-0.05, 0) is 37.1 Å². The first kappa shape index (κ1) is 14.8. The normalized spacial score (nSPS) is 11.9. The first-order valence-electron chi connectivity index (χ1n) is 6.78. The van der Waals surface area contributed by atoms with Gasteiger partial charge in [-0.2, -0.15) is 4.98 Å². The molecule has 0 aliphatic heterocycles. The highest BCUT2D eigenvalue weighted by molar-refractivity contribution is 9.10. The van der Waals surface area contributed by atoms with Crippen molar-refractivity contribution in [3.05, 3.63) is 46.6 Å². The number of aromatic nitrogens is 2. The fourth-order valence-electron chi connectivity index (χ4n) is 1.84. The fourth-order valence-corrected chi connectivity index (χ4v) is 2.26. The monoisotopic (exact) mass is 334 g/mol. The summed E-state index contributed by atoms with van der Waals surface area (Å²) in [7, 11) is 0. The summed E-state index contributed by atoms with van der Waals surface area (Å²) in [4.78, 5) is 8.65. The van der Waals surface area contributed by atoms with Crippen molar-refractivity contribution in [2.24, 2.45) is 0 Å². The fraction of sp³-hybridized carbons (Fsp3) is 0.333. The number of nitrogens with one attached hydrogen (secondary N) is 2. The maximum absolute atomic E-state index is 4.45. The Hall–Kier alpha value is -1.62. The number of rotatable bonds is 6. The van der Waals surface area contributed by atoms with Gasteiger partial charge in [0, 0.05) is 23.3 Å². The summed E-state index contributed by atoms with van der Waals surface area (Å²) in [6.45, 7) is 5.11.